The molecule has 1 saturated carbocycles. The van der Waals surface area contributed by atoms with Gasteiger partial charge in [0.15, 0.2) is 0 Å². The maximum atomic E-state index is 5.87. The van der Waals surface area contributed by atoms with E-state index in [1.807, 2.05) is 6.07 Å². The van der Waals surface area contributed by atoms with Gasteiger partial charge in [-0.05, 0) is 50.4 Å². The average molecular weight is 244 g/mol. The van der Waals surface area contributed by atoms with Crippen LogP contribution in [0.3, 0.4) is 0 Å². The van der Waals surface area contributed by atoms with Crippen LogP contribution < -0.4 is 5.32 Å². The van der Waals surface area contributed by atoms with Crippen molar-refractivity contribution in [3.63, 3.8) is 0 Å². The minimum atomic E-state index is 0.904. The van der Waals surface area contributed by atoms with Gasteiger partial charge in [-0.3, -0.25) is 0 Å². The molecule has 1 nitrogen and oxygen atoms in total. The Bertz CT molecular complexity index is 292. The third-order valence-electron chi connectivity index (χ3n) is 3.08. The monoisotopic (exact) mass is 243 g/mol. The lowest BCUT2D eigenvalue weighted by Gasteiger charge is -2.09. The molecule has 0 aliphatic heterocycles. The van der Waals surface area contributed by atoms with Crippen LogP contribution in [0.15, 0.2) is 12.1 Å². The summed E-state index contributed by atoms with van der Waals surface area (Å²) in [5, 5.41) is 3.55. The van der Waals surface area contributed by atoms with E-state index in [-0.39, 0.29) is 0 Å². The summed E-state index contributed by atoms with van der Waals surface area (Å²) in [7, 11) is 0. The largest absolute Gasteiger partial charge is 0.316 e. The number of nitrogens with one attached hydrogen (secondary N) is 1. The second kappa shape index (κ2) is 5.88. The van der Waals surface area contributed by atoms with E-state index in [4.69, 9.17) is 11.6 Å². The molecule has 1 N–H and O–H groups in total. The summed E-state index contributed by atoms with van der Waals surface area (Å²) in [5.74, 6) is 0.942. The Morgan fingerprint density at radius 3 is 2.80 bits per heavy atom. The third kappa shape index (κ3) is 3.78. The molecular weight excluding hydrogens is 226 g/mol. The van der Waals surface area contributed by atoms with Crippen molar-refractivity contribution in [2.75, 3.05) is 13.1 Å². The number of rotatable bonds is 5. The molecule has 0 aromatic carbocycles. The molecule has 84 valence electrons. The standard InChI is InChI=1S/C12H18ClNS/c13-12-6-5-11(15-12)7-8-14-9-10-3-1-2-4-10/h5-6,10,14H,1-4,7-9H2. The first kappa shape index (κ1) is 11.4. The zero-order valence-corrected chi connectivity index (χ0v) is 10.5. The van der Waals surface area contributed by atoms with Crippen LogP contribution in [0, 0.1) is 5.92 Å². The van der Waals surface area contributed by atoms with Gasteiger partial charge in [0.2, 0.25) is 0 Å². The average Bonchev–Trinajstić information content (AvgIpc) is 2.84. The molecule has 2 rings (SSSR count). The van der Waals surface area contributed by atoms with Gasteiger partial charge in [0.25, 0.3) is 0 Å². The Labute approximate surface area is 101 Å². The van der Waals surface area contributed by atoms with Crippen molar-refractivity contribution in [2.24, 2.45) is 5.92 Å². The first-order valence-electron chi connectivity index (χ1n) is 5.79. The normalized spacial score (nSPS) is 17.4. The molecule has 0 bridgehead atoms. The van der Waals surface area contributed by atoms with Crippen LogP contribution in [0.4, 0.5) is 0 Å². The minimum absolute atomic E-state index is 0.904. The summed E-state index contributed by atoms with van der Waals surface area (Å²) in [6, 6.07) is 4.11. The van der Waals surface area contributed by atoms with E-state index in [1.54, 1.807) is 11.3 Å². The third-order valence-corrected chi connectivity index (χ3v) is 4.38. The Kier molecular flexibility index (Phi) is 4.48. The second-order valence-electron chi connectivity index (χ2n) is 4.31. The van der Waals surface area contributed by atoms with E-state index in [2.05, 4.69) is 11.4 Å². The Morgan fingerprint density at radius 2 is 2.13 bits per heavy atom. The van der Waals surface area contributed by atoms with Gasteiger partial charge < -0.3 is 5.32 Å². The lowest BCUT2D eigenvalue weighted by atomic mass is 10.1. The number of thiophene rings is 1. The number of hydrogen-bond donors (Lipinski definition) is 1. The summed E-state index contributed by atoms with van der Waals surface area (Å²) >= 11 is 7.57. The molecule has 0 saturated heterocycles. The van der Waals surface area contributed by atoms with Crippen LogP contribution in [-0.2, 0) is 6.42 Å². The molecule has 0 unspecified atom stereocenters. The van der Waals surface area contributed by atoms with Crippen molar-refractivity contribution in [3.8, 4) is 0 Å². The molecule has 1 aromatic heterocycles. The molecule has 15 heavy (non-hydrogen) atoms. The van der Waals surface area contributed by atoms with Gasteiger partial charge in [-0.25, -0.2) is 0 Å². The van der Waals surface area contributed by atoms with Crippen molar-refractivity contribution < 1.29 is 0 Å². The van der Waals surface area contributed by atoms with E-state index < -0.39 is 0 Å². The highest BCUT2D eigenvalue weighted by Gasteiger charge is 2.13. The van der Waals surface area contributed by atoms with Crippen molar-refractivity contribution in [1.29, 1.82) is 0 Å². The number of halogens is 1. The fraction of sp³-hybridized carbons (Fsp3) is 0.667. The van der Waals surface area contributed by atoms with E-state index in [1.165, 1.54) is 37.1 Å². The molecule has 0 atom stereocenters. The second-order valence-corrected chi connectivity index (χ2v) is 6.11. The van der Waals surface area contributed by atoms with Crippen LogP contribution in [-0.4, -0.2) is 13.1 Å². The molecular formula is C12H18ClNS. The first-order chi connectivity index (χ1) is 7.34. The lowest BCUT2D eigenvalue weighted by Crippen LogP contribution is -2.23. The van der Waals surface area contributed by atoms with Gasteiger partial charge in [-0.1, -0.05) is 24.4 Å². The molecule has 1 aliphatic carbocycles. The summed E-state index contributed by atoms with van der Waals surface area (Å²) in [4.78, 5) is 1.39. The molecule has 0 spiro atoms. The van der Waals surface area contributed by atoms with Crippen LogP contribution in [0.5, 0.6) is 0 Å². The van der Waals surface area contributed by atoms with E-state index >= 15 is 0 Å². The van der Waals surface area contributed by atoms with Gasteiger partial charge in [-0.15, -0.1) is 11.3 Å². The quantitative estimate of drug-likeness (QED) is 0.778. The first-order valence-corrected chi connectivity index (χ1v) is 6.99. The Balaban J connectivity index is 1.58. The molecule has 3 heteroatoms. The molecule has 1 aliphatic rings. The predicted molar refractivity (Wildman–Crippen MR) is 67.9 cm³/mol. The Morgan fingerprint density at radius 1 is 1.33 bits per heavy atom. The topological polar surface area (TPSA) is 12.0 Å². The van der Waals surface area contributed by atoms with E-state index in [0.717, 1.165) is 23.2 Å². The summed E-state index contributed by atoms with van der Waals surface area (Å²) < 4.78 is 0.904. The minimum Gasteiger partial charge on any atom is -0.316 e. The van der Waals surface area contributed by atoms with Crippen LogP contribution in [0.25, 0.3) is 0 Å². The summed E-state index contributed by atoms with van der Waals surface area (Å²) in [6.45, 7) is 2.30. The van der Waals surface area contributed by atoms with Gasteiger partial charge >= 0.3 is 0 Å². The smallest absolute Gasteiger partial charge is 0.0931 e. The fourth-order valence-corrected chi connectivity index (χ4v) is 3.31. The molecule has 1 heterocycles. The van der Waals surface area contributed by atoms with E-state index in [0.29, 0.717) is 0 Å². The van der Waals surface area contributed by atoms with Crippen LogP contribution in [0.2, 0.25) is 4.34 Å². The van der Waals surface area contributed by atoms with Crippen molar-refractivity contribution in [2.45, 2.75) is 32.1 Å². The van der Waals surface area contributed by atoms with Crippen molar-refractivity contribution in [3.05, 3.63) is 21.3 Å². The zero-order valence-electron chi connectivity index (χ0n) is 8.97. The zero-order chi connectivity index (χ0) is 10.5. The Hall–Kier alpha value is -0.0500. The maximum Gasteiger partial charge on any atom is 0.0931 e. The van der Waals surface area contributed by atoms with Crippen molar-refractivity contribution in [1.82, 2.24) is 5.32 Å². The van der Waals surface area contributed by atoms with Gasteiger partial charge in [0.1, 0.15) is 0 Å². The van der Waals surface area contributed by atoms with Crippen molar-refractivity contribution >= 4 is 22.9 Å². The predicted octanol–water partition coefficient (Wildman–Crippen LogP) is 3.72. The molecule has 1 aromatic rings. The van der Waals surface area contributed by atoms with Gasteiger partial charge in [0.05, 0.1) is 4.34 Å². The lowest BCUT2D eigenvalue weighted by molar-refractivity contribution is 0.492. The number of hydrogen-bond acceptors (Lipinski definition) is 2. The van der Waals surface area contributed by atoms with Gasteiger partial charge in [-0.2, -0.15) is 0 Å². The highest BCUT2D eigenvalue weighted by molar-refractivity contribution is 7.16. The summed E-state index contributed by atoms with van der Waals surface area (Å²) in [5.41, 5.74) is 0. The highest BCUT2D eigenvalue weighted by atomic mass is 35.5. The highest BCUT2D eigenvalue weighted by Crippen LogP contribution is 2.24. The SMILES string of the molecule is Clc1ccc(CCNCC2CCCC2)s1. The molecule has 0 amide bonds. The van der Waals surface area contributed by atoms with Gasteiger partial charge in [0, 0.05) is 4.88 Å². The maximum absolute atomic E-state index is 5.87. The van der Waals surface area contributed by atoms with Crippen LogP contribution in [0.1, 0.15) is 30.6 Å². The van der Waals surface area contributed by atoms with E-state index in [9.17, 15) is 0 Å². The summed E-state index contributed by atoms with van der Waals surface area (Å²) in [6.07, 6.45) is 6.85. The van der Waals surface area contributed by atoms with Crippen LogP contribution >= 0.6 is 22.9 Å². The molecule has 0 radical (unpaired) electrons. The molecule has 1 fully saturated rings. The fourth-order valence-electron chi connectivity index (χ4n) is 2.22.